The van der Waals surface area contributed by atoms with Crippen LogP contribution in [0, 0.1) is 12.8 Å². The van der Waals surface area contributed by atoms with Gasteiger partial charge in [0.1, 0.15) is 0 Å². The van der Waals surface area contributed by atoms with Gasteiger partial charge in [-0.25, -0.2) is 0 Å². The zero-order chi connectivity index (χ0) is 17.8. The zero-order valence-corrected chi connectivity index (χ0v) is 15.3. The number of amides is 2. The molecule has 0 unspecified atom stereocenters. The largest absolute Gasteiger partial charge is 0.352 e. The van der Waals surface area contributed by atoms with Gasteiger partial charge in [-0.3, -0.25) is 14.5 Å². The number of nitrogens with zero attached hydrogens (tertiary/aromatic N) is 2. The monoisotopic (exact) mass is 343 g/mol. The summed E-state index contributed by atoms with van der Waals surface area (Å²) in [5, 5.41) is 3.01. The minimum absolute atomic E-state index is 0.101. The molecule has 25 heavy (non-hydrogen) atoms. The highest BCUT2D eigenvalue weighted by Gasteiger charge is 2.35. The van der Waals surface area contributed by atoms with Crippen molar-refractivity contribution in [2.24, 2.45) is 5.92 Å². The van der Waals surface area contributed by atoms with Crippen LogP contribution in [-0.2, 0) is 16.1 Å². The molecule has 0 aromatic heterocycles. The summed E-state index contributed by atoms with van der Waals surface area (Å²) < 4.78 is 0. The van der Waals surface area contributed by atoms with Gasteiger partial charge in [-0.2, -0.15) is 0 Å². The molecule has 136 valence electrons. The van der Waals surface area contributed by atoms with E-state index in [2.05, 4.69) is 41.4 Å². The maximum Gasteiger partial charge on any atom is 0.221 e. The van der Waals surface area contributed by atoms with E-state index >= 15 is 0 Å². The summed E-state index contributed by atoms with van der Waals surface area (Å²) in [5.41, 5.74) is 2.36. The van der Waals surface area contributed by atoms with Crippen molar-refractivity contribution in [3.63, 3.8) is 0 Å². The fraction of sp³-hybridized carbons (Fsp3) is 0.600. The highest BCUT2D eigenvalue weighted by molar-refractivity contribution is 5.76. The third-order valence-electron chi connectivity index (χ3n) is 5.51. The molecule has 1 aromatic carbocycles. The average molecular weight is 343 g/mol. The van der Waals surface area contributed by atoms with Crippen LogP contribution in [0.2, 0.25) is 0 Å². The lowest BCUT2D eigenvalue weighted by Gasteiger charge is -2.35. The number of hydrogen-bond donors (Lipinski definition) is 1. The Balaban J connectivity index is 1.45. The number of hydrogen-bond acceptors (Lipinski definition) is 3. The number of aryl methyl sites for hydroxylation is 1. The molecular weight excluding hydrogens is 314 g/mol. The van der Waals surface area contributed by atoms with Crippen LogP contribution in [0.15, 0.2) is 24.3 Å². The first kappa shape index (κ1) is 17.9. The van der Waals surface area contributed by atoms with E-state index in [0.717, 1.165) is 38.2 Å². The molecule has 0 radical (unpaired) electrons. The second-order valence-corrected chi connectivity index (χ2v) is 7.53. The fourth-order valence-corrected chi connectivity index (χ4v) is 3.95. The normalized spacial score (nSPS) is 23.4. The van der Waals surface area contributed by atoms with E-state index in [1.807, 2.05) is 4.90 Å². The van der Waals surface area contributed by atoms with Gasteiger partial charge in [0.25, 0.3) is 0 Å². The number of fused-ring (bicyclic) bond motifs is 4. The molecule has 3 saturated heterocycles. The maximum atomic E-state index is 12.2. The first-order chi connectivity index (χ1) is 12.0. The number of nitrogens with one attached hydrogen (secondary N) is 1. The summed E-state index contributed by atoms with van der Waals surface area (Å²) >= 11 is 0. The lowest BCUT2D eigenvalue weighted by atomic mass is 9.95. The van der Waals surface area contributed by atoms with Crippen molar-refractivity contribution in [1.82, 2.24) is 15.1 Å². The summed E-state index contributed by atoms with van der Waals surface area (Å²) in [7, 11) is 0. The van der Waals surface area contributed by atoms with Gasteiger partial charge in [-0.15, -0.1) is 0 Å². The third-order valence-corrected chi connectivity index (χ3v) is 5.51. The van der Waals surface area contributed by atoms with Crippen molar-refractivity contribution in [3.8, 4) is 0 Å². The molecule has 3 fully saturated rings. The smallest absolute Gasteiger partial charge is 0.221 e. The zero-order valence-electron chi connectivity index (χ0n) is 15.3. The molecule has 0 saturated carbocycles. The molecular formula is C20H29N3O2. The molecule has 0 aliphatic carbocycles. The molecule has 5 nitrogen and oxygen atoms in total. The highest BCUT2D eigenvalue weighted by atomic mass is 16.2. The SMILES string of the molecule is CC(=O)N1C[C@@H]2CC[C@H](C1)N(CCC(=O)NCc1ccc(C)cc1)C2. The van der Waals surface area contributed by atoms with Crippen LogP contribution in [0.3, 0.4) is 0 Å². The molecule has 2 bridgehead atoms. The molecule has 2 atom stereocenters. The minimum atomic E-state index is 0.101. The fourth-order valence-electron chi connectivity index (χ4n) is 3.95. The third kappa shape index (κ3) is 4.82. The quantitative estimate of drug-likeness (QED) is 0.889. The van der Waals surface area contributed by atoms with Gasteiger partial charge in [0, 0.05) is 52.1 Å². The van der Waals surface area contributed by atoms with Crippen molar-refractivity contribution in [2.45, 2.75) is 45.7 Å². The molecule has 3 aliphatic heterocycles. The van der Waals surface area contributed by atoms with Crippen LogP contribution in [0.1, 0.15) is 37.3 Å². The first-order valence-electron chi connectivity index (χ1n) is 9.33. The van der Waals surface area contributed by atoms with Gasteiger partial charge >= 0.3 is 0 Å². The number of piperidine rings is 1. The van der Waals surface area contributed by atoms with E-state index < -0.39 is 0 Å². The average Bonchev–Trinajstić information content (AvgIpc) is 2.91. The second kappa shape index (κ2) is 8.00. The van der Waals surface area contributed by atoms with E-state index in [-0.39, 0.29) is 11.8 Å². The standard InChI is InChI=1S/C20H29N3O2/c1-15-3-5-17(6-4-15)11-21-20(25)9-10-22-12-18-7-8-19(22)14-23(13-18)16(2)24/h3-6,18-19H,7-14H2,1-2H3,(H,21,25)/t18-,19-/m1/s1. The molecule has 3 aliphatic rings. The number of carbonyl (C=O) groups is 2. The number of benzene rings is 1. The molecule has 2 amide bonds. The van der Waals surface area contributed by atoms with Gasteiger partial charge in [0.05, 0.1) is 0 Å². The van der Waals surface area contributed by atoms with Gasteiger partial charge < -0.3 is 10.2 Å². The summed E-state index contributed by atoms with van der Waals surface area (Å²) in [5.74, 6) is 0.831. The predicted octanol–water partition coefficient (Wildman–Crippen LogP) is 1.94. The second-order valence-electron chi connectivity index (χ2n) is 7.53. The van der Waals surface area contributed by atoms with Gasteiger partial charge in [-0.05, 0) is 31.2 Å². The molecule has 3 heterocycles. The van der Waals surface area contributed by atoms with Crippen LogP contribution in [0.5, 0.6) is 0 Å². The topological polar surface area (TPSA) is 52.7 Å². The Morgan fingerprint density at radius 1 is 1.12 bits per heavy atom. The Hall–Kier alpha value is -1.88. The van der Waals surface area contributed by atoms with E-state index in [0.29, 0.717) is 24.9 Å². The van der Waals surface area contributed by atoms with E-state index in [4.69, 9.17) is 0 Å². The Bertz CT molecular complexity index is 614. The van der Waals surface area contributed by atoms with Crippen LogP contribution in [0.25, 0.3) is 0 Å². The van der Waals surface area contributed by atoms with E-state index in [9.17, 15) is 9.59 Å². The first-order valence-corrected chi connectivity index (χ1v) is 9.33. The minimum Gasteiger partial charge on any atom is -0.352 e. The van der Waals surface area contributed by atoms with Gasteiger partial charge in [0.2, 0.25) is 11.8 Å². The van der Waals surface area contributed by atoms with Crippen molar-refractivity contribution in [2.75, 3.05) is 26.2 Å². The Kier molecular flexibility index (Phi) is 5.74. The Morgan fingerprint density at radius 3 is 2.60 bits per heavy atom. The van der Waals surface area contributed by atoms with Crippen LogP contribution < -0.4 is 5.32 Å². The van der Waals surface area contributed by atoms with Crippen molar-refractivity contribution in [1.29, 1.82) is 0 Å². The van der Waals surface area contributed by atoms with E-state index in [1.165, 1.54) is 12.0 Å². The predicted molar refractivity (Wildman–Crippen MR) is 98.0 cm³/mol. The van der Waals surface area contributed by atoms with Crippen molar-refractivity contribution < 1.29 is 9.59 Å². The number of rotatable bonds is 5. The summed E-state index contributed by atoms with van der Waals surface area (Å²) in [6.07, 6.45) is 2.86. The number of carbonyl (C=O) groups excluding carboxylic acids is 2. The molecule has 1 N–H and O–H groups in total. The van der Waals surface area contributed by atoms with Crippen molar-refractivity contribution >= 4 is 11.8 Å². The van der Waals surface area contributed by atoms with Gasteiger partial charge in [-0.1, -0.05) is 29.8 Å². The molecule has 1 aromatic rings. The molecule has 4 rings (SSSR count). The molecule has 0 spiro atoms. The lowest BCUT2D eigenvalue weighted by molar-refractivity contribution is -0.129. The van der Waals surface area contributed by atoms with E-state index in [1.54, 1.807) is 6.92 Å². The Morgan fingerprint density at radius 2 is 1.88 bits per heavy atom. The van der Waals surface area contributed by atoms with Crippen LogP contribution in [0.4, 0.5) is 0 Å². The highest BCUT2D eigenvalue weighted by Crippen LogP contribution is 2.28. The maximum absolute atomic E-state index is 12.2. The summed E-state index contributed by atoms with van der Waals surface area (Å²) in [6, 6.07) is 8.65. The molecule has 5 heteroatoms. The van der Waals surface area contributed by atoms with Crippen molar-refractivity contribution in [3.05, 3.63) is 35.4 Å². The van der Waals surface area contributed by atoms with Crippen LogP contribution >= 0.6 is 0 Å². The summed E-state index contributed by atoms with van der Waals surface area (Å²) in [4.78, 5) is 28.3. The van der Waals surface area contributed by atoms with Gasteiger partial charge in [0.15, 0.2) is 0 Å². The lowest BCUT2D eigenvalue weighted by Crippen LogP contribution is -2.45. The Labute approximate surface area is 150 Å². The summed E-state index contributed by atoms with van der Waals surface area (Å²) in [6.45, 7) is 7.80. The van der Waals surface area contributed by atoms with Crippen LogP contribution in [-0.4, -0.2) is 53.8 Å².